The summed E-state index contributed by atoms with van der Waals surface area (Å²) in [4.78, 5) is 15.8. The van der Waals surface area contributed by atoms with E-state index in [-0.39, 0.29) is 0 Å². The molecule has 96 valence electrons. The van der Waals surface area contributed by atoms with Gasteiger partial charge in [-0.3, -0.25) is 4.98 Å². The van der Waals surface area contributed by atoms with E-state index in [1.165, 1.54) is 4.68 Å². The Morgan fingerprint density at radius 2 is 2.17 bits per heavy atom. The van der Waals surface area contributed by atoms with Gasteiger partial charge in [0.25, 0.3) is 0 Å². The van der Waals surface area contributed by atoms with Crippen LogP contribution < -0.4 is 11.0 Å². The number of fused-ring (bicyclic) bond motifs is 1. The first-order valence-electron chi connectivity index (χ1n) is 5.58. The third-order valence-corrected chi connectivity index (χ3v) is 2.28. The van der Waals surface area contributed by atoms with Crippen LogP contribution in [-0.4, -0.2) is 21.4 Å². The van der Waals surface area contributed by atoms with Gasteiger partial charge in [0.1, 0.15) is 5.60 Å². The van der Waals surface area contributed by atoms with Gasteiger partial charge in [0.2, 0.25) is 0 Å². The number of pyridine rings is 1. The molecule has 2 aromatic rings. The molecule has 2 N–H and O–H groups in total. The monoisotopic (exact) mass is 248 g/mol. The molecule has 0 aliphatic heterocycles. The van der Waals surface area contributed by atoms with Crippen LogP contribution in [0.25, 0.3) is 10.9 Å². The minimum atomic E-state index is -0.614. The number of nitrogens with two attached hydrogens (primary N) is 1. The van der Waals surface area contributed by atoms with E-state index in [2.05, 4.69) is 4.98 Å². The van der Waals surface area contributed by atoms with Crippen LogP contribution >= 0.6 is 0 Å². The third kappa shape index (κ3) is 2.43. The second kappa shape index (κ2) is 4.30. The maximum Gasteiger partial charge on any atom is 0.444 e. The molecule has 0 radical (unpaired) electrons. The molecule has 0 spiro atoms. The van der Waals surface area contributed by atoms with Crippen LogP contribution in [0, 0.1) is 0 Å². The quantitative estimate of drug-likeness (QED) is 0.474. The molecular weight excluding hydrogens is 232 g/mol. The average Bonchev–Trinajstić information content (AvgIpc) is 2.69. The minimum Gasteiger partial charge on any atom is -0.441 e. The Morgan fingerprint density at radius 3 is 2.83 bits per heavy atom. The molecule has 6 nitrogen and oxygen atoms in total. The van der Waals surface area contributed by atoms with Crippen LogP contribution in [-0.2, 0) is 4.74 Å². The fraction of sp³-hybridized carbons (Fsp3) is 0.333. The fourth-order valence-corrected chi connectivity index (χ4v) is 1.55. The van der Waals surface area contributed by atoms with E-state index in [0.717, 1.165) is 16.0 Å². The largest absolute Gasteiger partial charge is 0.444 e. The lowest BCUT2D eigenvalue weighted by atomic mass is 10.2. The lowest BCUT2D eigenvalue weighted by Crippen LogP contribution is -2.48. The van der Waals surface area contributed by atoms with Gasteiger partial charge in [-0.1, -0.05) is 0 Å². The number of nitrogens with zero attached hydrogens (tertiary/aromatic N) is 3. The van der Waals surface area contributed by atoms with E-state index in [0.29, 0.717) is 0 Å². The van der Waals surface area contributed by atoms with Crippen LogP contribution in [0.1, 0.15) is 20.8 Å². The number of carbonyl (C=O) groups excluding carboxylic acids is 1. The molecular formula is C12H16N4O2. The summed E-state index contributed by atoms with van der Waals surface area (Å²) in [6.07, 6.45) is 4.42. The minimum absolute atomic E-state index is 0.584. The molecule has 0 unspecified atom stereocenters. The highest BCUT2D eigenvalue weighted by Crippen LogP contribution is 2.14. The topological polar surface area (TPSA) is 73.4 Å². The highest BCUT2D eigenvalue weighted by atomic mass is 16.6. The first-order chi connectivity index (χ1) is 8.38. The Kier molecular flexibility index (Phi) is 2.96. The normalized spacial score (nSPS) is 11.6. The lowest BCUT2D eigenvalue weighted by Gasteiger charge is -2.24. The fourth-order valence-electron chi connectivity index (χ4n) is 1.55. The number of hydrogen-bond donors (Lipinski definition) is 1. The van der Waals surface area contributed by atoms with Crippen molar-refractivity contribution in [2.75, 3.05) is 5.12 Å². The Hall–Kier alpha value is -2.08. The molecule has 0 fully saturated rings. The SMILES string of the molecule is CC(C)(C)OC(=O)N(N)n1ccc2cnccc21. The molecule has 6 heteroatoms. The van der Waals surface area contributed by atoms with Gasteiger partial charge < -0.3 is 4.74 Å². The molecule has 0 saturated heterocycles. The van der Waals surface area contributed by atoms with Crippen LogP contribution in [0.15, 0.2) is 30.7 Å². The zero-order valence-electron chi connectivity index (χ0n) is 10.6. The van der Waals surface area contributed by atoms with Crippen LogP contribution in [0.4, 0.5) is 4.79 Å². The second-order valence-corrected chi connectivity index (χ2v) is 4.92. The van der Waals surface area contributed by atoms with Crippen molar-refractivity contribution in [2.45, 2.75) is 26.4 Å². The second-order valence-electron chi connectivity index (χ2n) is 4.92. The predicted octanol–water partition coefficient (Wildman–Crippen LogP) is 1.78. The Bertz CT molecular complexity index is 571. The molecule has 2 rings (SSSR count). The van der Waals surface area contributed by atoms with Gasteiger partial charge in [0.15, 0.2) is 0 Å². The maximum atomic E-state index is 11.8. The van der Waals surface area contributed by atoms with Crippen molar-refractivity contribution in [1.82, 2.24) is 9.66 Å². The molecule has 0 atom stereocenters. The van der Waals surface area contributed by atoms with Gasteiger partial charge in [-0.2, -0.15) is 0 Å². The molecule has 0 aromatic carbocycles. The summed E-state index contributed by atoms with van der Waals surface area (Å²) in [6.45, 7) is 5.36. The number of hydrogen-bond acceptors (Lipinski definition) is 4. The van der Waals surface area contributed by atoms with Crippen molar-refractivity contribution in [3.05, 3.63) is 30.7 Å². The van der Waals surface area contributed by atoms with E-state index in [9.17, 15) is 4.79 Å². The molecule has 18 heavy (non-hydrogen) atoms. The Morgan fingerprint density at radius 1 is 1.44 bits per heavy atom. The standard InChI is InChI=1S/C12H16N4O2/c1-12(2,3)18-11(17)16(13)15-7-5-9-8-14-6-4-10(9)15/h4-8H,13H2,1-3H3. The highest BCUT2D eigenvalue weighted by molar-refractivity contribution is 5.84. The highest BCUT2D eigenvalue weighted by Gasteiger charge is 2.21. The number of aromatic nitrogens is 2. The van der Waals surface area contributed by atoms with Gasteiger partial charge in [-0.15, -0.1) is 5.12 Å². The number of carbonyl (C=O) groups is 1. The number of amides is 1. The summed E-state index contributed by atoms with van der Waals surface area (Å²) in [6, 6.07) is 3.60. The average molecular weight is 248 g/mol. The van der Waals surface area contributed by atoms with Crippen LogP contribution in [0.5, 0.6) is 0 Å². The number of ether oxygens (including phenoxy) is 1. The van der Waals surface area contributed by atoms with Crippen molar-refractivity contribution >= 4 is 17.0 Å². The van der Waals surface area contributed by atoms with E-state index >= 15 is 0 Å². The molecule has 1 amide bonds. The molecule has 0 aliphatic rings. The third-order valence-electron chi connectivity index (χ3n) is 2.28. The predicted molar refractivity (Wildman–Crippen MR) is 68.4 cm³/mol. The van der Waals surface area contributed by atoms with Crippen LogP contribution in [0.2, 0.25) is 0 Å². The van der Waals surface area contributed by atoms with Gasteiger partial charge in [-0.25, -0.2) is 15.3 Å². The van der Waals surface area contributed by atoms with Crippen molar-refractivity contribution in [3.63, 3.8) is 0 Å². The summed E-state index contributed by atoms with van der Waals surface area (Å²) in [5.74, 6) is 5.76. The molecule has 2 heterocycles. The van der Waals surface area contributed by atoms with E-state index in [4.69, 9.17) is 10.6 Å². The van der Waals surface area contributed by atoms with Gasteiger partial charge in [-0.05, 0) is 32.9 Å². The van der Waals surface area contributed by atoms with Crippen molar-refractivity contribution in [2.24, 2.45) is 5.84 Å². The summed E-state index contributed by atoms with van der Waals surface area (Å²) < 4.78 is 6.72. The van der Waals surface area contributed by atoms with Crippen molar-refractivity contribution < 1.29 is 9.53 Å². The Labute approximate surface area is 105 Å². The first kappa shape index (κ1) is 12.4. The zero-order valence-corrected chi connectivity index (χ0v) is 10.6. The summed E-state index contributed by atoms with van der Waals surface area (Å²) in [5.41, 5.74) is 0.206. The van der Waals surface area contributed by atoms with Gasteiger partial charge >= 0.3 is 6.09 Å². The lowest BCUT2D eigenvalue weighted by molar-refractivity contribution is 0.0540. The molecule has 0 saturated carbocycles. The number of hydrazine groups is 1. The van der Waals surface area contributed by atoms with Crippen molar-refractivity contribution in [3.8, 4) is 0 Å². The first-order valence-corrected chi connectivity index (χ1v) is 5.58. The Balaban J connectivity index is 2.28. The summed E-state index contributed by atoms with van der Waals surface area (Å²) in [5, 5.41) is 1.84. The molecule has 0 aliphatic carbocycles. The molecule has 2 aromatic heterocycles. The van der Waals surface area contributed by atoms with E-state index in [1.807, 2.05) is 6.07 Å². The molecule has 0 bridgehead atoms. The van der Waals surface area contributed by atoms with E-state index in [1.54, 1.807) is 45.4 Å². The van der Waals surface area contributed by atoms with Gasteiger partial charge in [0, 0.05) is 24.0 Å². The van der Waals surface area contributed by atoms with Crippen LogP contribution in [0.3, 0.4) is 0 Å². The zero-order chi connectivity index (χ0) is 13.3. The smallest absolute Gasteiger partial charge is 0.441 e. The van der Waals surface area contributed by atoms with E-state index < -0.39 is 11.7 Å². The van der Waals surface area contributed by atoms with Gasteiger partial charge in [0.05, 0.1) is 5.52 Å². The van der Waals surface area contributed by atoms with Crippen molar-refractivity contribution in [1.29, 1.82) is 0 Å². The summed E-state index contributed by atoms with van der Waals surface area (Å²) in [7, 11) is 0. The maximum absolute atomic E-state index is 11.8. The summed E-state index contributed by atoms with van der Waals surface area (Å²) >= 11 is 0. The number of rotatable bonds is 1.